The molecule has 0 aromatic rings. The van der Waals surface area contributed by atoms with Gasteiger partial charge in [0.25, 0.3) is 0 Å². The van der Waals surface area contributed by atoms with Crippen LogP contribution in [0.15, 0.2) is 96.1 Å². The minimum atomic E-state index is -1.61. The van der Waals surface area contributed by atoms with Crippen molar-refractivity contribution in [2.24, 2.45) is 5.92 Å². The molecule has 3 atom stereocenters. The smallest absolute Gasteiger partial charge is 0.248 e. The number of nitrogens with one attached hydrogen (secondary N) is 2. The molecule has 194 valence electrons. The second-order valence-corrected chi connectivity index (χ2v) is 8.99. The second kappa shape index (κ2) is 12.2. The molecule has 0 bridgehead atoms. The number of hydrogen-bond donors (Lipinski definition) is 4. The molecule has 3 rings (SSSR count). The summed E-state index contributed by atoms with van der Waals surface area (Å²) in [5.41, 5.74) is -1.74. The zero-order chi connectivity index (χ0) is 27.0. The first-order chi connectivity index (χ1) is 17.6. The van der Waals surface area contributed by atoms with E-state index in [-0.39, 0.29) is 35.8 Å². The Labute approximate surface area is 215 Å². The predicted octanol–water partition coefficient (Wildman–Crippen LogP) is 2.31. The third-order valence-corrected chi connectivity index (χ3v) is 5.53. The average molecular weight is 507 g/mol. The molecule has 3 unspecified atom stereocenters. The molecule has 37 heavy (non-hydrogen) atoms. The van der Waals surface area contributed by atoms with Crippen molar-refractivity contribution in [2.45, 2.75) is 44.5 Å². The summed E-state index contributed by atoms with van der Waals surface area (Å²) in [6.07, 6.45) is 18.8. The molecule has 1 fully saturated rings. The van der Waals surface area contributed by atoms with E-state index in [0.717, 1.165) is 0 Å². The number of amides is 2. The molecule has 1 aliphatic heterocycles. The highest BCUT2D eigenvalue weighted by atomic mass is 16.6. The predicted molar refractivity (Wildman–Crippen MR) is 137 cm³/mol. The number of aliphatic hydroxyl groups is 2. The molecule has 0 radical (unpaired) electrons. The summed E-state index contributed by atoms with van der Waals surface area (Å²) >= 11 is 0. The number of ketones is 2. The number of epoxide rings is 1. The van der Waals surface area contributed by atoms with Gasteiger partial charge in [0.1, 0.15) is 23.2 Å². The molecule has 9 heteroatoms. The van der Waals surface area contributed by atoms with Crippen LogP contribution in [0.5, 0.6) is 0 Å². The van der Waals surface area contributed by atoms with Crippen LogP contribution >= 0.6 is 0 Å². The summed E-state index contributed by atoms with van der Waals surface area (Å²) in [4.78, 5) is 48.1. The molecule has 2 amide bonds. The topological polar surface area (TPSA) is 145 Å². The second-order valence-electron chi connectivity index (χ2n) is 8.99. The van der Waals surface area contributed by atoms with E-state index in [9.17, 15) is 29.4 Å². The number of fused-ring (bicyclic) bond motifs is 1. The Morgan fingerprint density at radius 3 is 2.22 bits per heavy atom. The number of carbonyl (C=O) groups is 4. The number of ether oxygens (including phenoxy) is 1. The van der Waals surface area contributed by atoms with Crippen LogP contribution in [-0.4, -0.2) is 51.4 Å². The fraction of sp³-hybridized carbons (Fsp3) is 0.286. The van der Waals surface area contributed by atoms with Crippen LogP contribution in [-0.2, 0) is 23.9 Å². The Morgan fingerprint density at radius 1 is 0.973 bits per heavy atom. The normalized spacial score (nSPS) is 26.1. The van der Waals surface area contributed by atoms with Crippen LogP contribution in [0.4, 0.5) is 0 Å². The van der Waals surface area contributed by atoms with Gasteiger partial charge in [-0.05, 0) is 18.1 Å². The highest BCUT2D eigenvalue weighted by molar-refractivity contribution is 6.06. The van der Waals surface area contributed by atoms with Crippen LogP contribution in [0.1, 0.15) is 26.7 Å². The Kier molecular flexibility index (Phi) is 9.10. The van der Waals surface area contributed by atoms with E-state index in [2.05, 4.69) is 24.5 Å². The van der Waals surface area contributed by atoms with E-state index in [4.69, 9.17) is 4.74 Å². The molecular weight excluding hydrogens is 476 g/mol. The zero-order valence-corrected chi connectivity index (χ0v) is 20.6. The molecule has 9 nitrogen and oxygen atoms in total. The number of allylic oxidation sites excluding steroid dienone is 11. The SMILES string of the molecule is CC(C)/C=C/C=C/C=C/C(=O)NC1=CC(O)(/C=C/C=C/C=C/C(=O)NC2=C(O)CCC2=O)C2OC2C1=O. The quantitative estimate of drug-likeness (QED) is 0.202. The first kappa shape index (κ1) is 27.5. The summed E-state index contributed by atoms with van der Waals surface area (Å²) in [7, 11) is 0. The van der Waals surface area contributed by atoms with Crippen molar-refractivity contribution in [1.82, 2.24) is 10.6 Å². The molecular formula is C28H30N2O7. The van der Waals surface area contributed by atoms with Crippen LogP contribution in [0, 0.1) is 5.92 Å². The summed E-state index contributed by atoms with van der Waals surface area (Å²) in [5.74, 6) is -1.52. The molecule has 4 N–H and O–H groups in total. The summed E-state index contributed by atoms with van der Waals surface area (Å²) in [6, 6.07) is 0. The minimum absolute atomic E-state index is 0.0520. The van der Waals surface area contributed by atoms with Gasteiger partial charge in [-0.3, -0.25) is 19.2 Å². The molecule has 0 aromatic heterocycles. The van der Waals surface area contributed by atoms with Crippen LogP contribution in [0.2, 0.25) is 0 Å². The van der Waals surface area contributed by atoms with Crippen molar-refractivity contribution in [3.63, 3.8) is 0 Å². The van der Waals surface area contributed by atoms with Gasteiger partial charge < -0.3 is 25.6 Å². The van der Waals surface area contributed by atoms with E-state index in [1.54, 1.807) is 24.3 Å². The number of hydrogen-bond acceptors (Lipinski definition) is 7. The van der Waals surface area contributed by atoms with E-state index < -0.39 is 35.4 Å². The molecule has 2 aliphatic carbocycles. The summed E-state index contributed by atoms with van der Waals surface area (Å²) in [6.45, 7) is 4.10. The van der Waals surface area contributed by atoms with Gasteiger partial charge in [-0.25, -0.2) is 0 Å². The summed E-state index contributed by atoms with van der Waals surface area (Å²) in [5, 5.41) is 25.4. The fourth-order valence-corrected chi connectivity index (χ4v) is 3.60. The van der Waals surface area contributed by atoms with Gasteiger partial charge in [0.15, 0.2) is 11.9 Å². The molecule has 3 aliphatic rings. The van der Waals surface area contributed by atoms with Crippen molar-refractivity contribution in [1.29, 1.82) is 0 Å². The minimum Gasteiger partial charge on any atom is -0.510 e. The first-order valence-corrected chi connectivity index (χ1v) is 11.9. The van der Waals surface area contributed by atoms with Crippen LogP contribution < -0.4 is 10.6 Å². The van der Waals surface area contributed by atoms with Crippen molar-refractivity contribution in [3.8, 4) is 0 Å². The largest absolute Gasteiger partial charge is 0.510 e. The third kappa shape index (κ3) is 7.70. The van der Waals surface area contributed by atoms with Crippen molar-refractivity contribution < 1.29 is 34.1 Å². The molecule has 1 heterocycles. The number of aliphatic hydroxyl groups excluding tert-OH is 1. The molecule has 0 aromatic carbocycles. The molecule has 1 saturated heterocycles. The van der Waals surface area contributed by atoms with Gasteiger partial charge in [0.2, 0.25) is 17.6 Å². The standard InChI is InChI=1S/C28H30N2O7/c1-18(2)11-7-3-4-8-12-22(33)29-19-17-28(36,27-26(37-27)25(19)35)16-10-6-5-9-13-23(34)30-24-20(31)14-15-21(24)32/h3-13,16-18,26-27,31,36H,14-15H2,1-2H3,(H,29,33)(H,30,34)/b4-3+,6-5+,11-7+,12-8+,13-9+,16-10+. The summed E-state index contributed by atoms with van der Waals surface area (Å²) < 4.78 is 5.32. The van der Waals surface area contributed by atoms with E-state index in [1.165, 1.54) is 42.5 Å². The Bertz CT molecular complexity index is 1200. The van der Waals surface area contributed by atoms with Gasteiger partial charge in [0, 0.05) is 25.0 Å². The van der Waals surface area contributed by atoms with E-state index >= 15 is 0 Å². The highest BCUT2D eigenvalue weighted by Gasteiger charge is 2.59. The fourth-order valence-electron chi connectivity index (χ4n) is 3.60. The van der Waals surface area contributed by atoms with Gasteiger partial charge in [-0.2, -0.15) is 0 Å². The van der Waals surface area contributed by atoms with Crippen molar-refractivity contribution in [3.05, 3.63) is 96.1 Å². The molecule has 0 spiro atoms. The number of Topliss-reactive ketones (excluding diaryl/α,β-unsaturated/α-hetero) is 2. The zero-order valence-electron chi connectivity index (χ0n) is 20.6. The van der Waals surface area contributed by atoms with Gasteiger partial charge in [-0.15, -0.1) is 0 Å². The van der Waals surface area contributed by atoms with E-state index in [0.29, 0.717) is 5.92 Å². The molecule has 0 saturated carbocycles. The van der Waals surface area contributed by atoms with Gasteiger partial charge in [-0.1, -0.05) is 68.5 Å². The van der Waals surface area contributed by atoms with Crippen molar-refractivity contribution in [2.75, 3.05) is 0 Å². The lowest BCUT2D eigenvalue weighted by Gasteiger charge is -2.23. The Balaban J connectivity index is 1.55. The Hall–Kier alpha value is -4.08. The van der Waals surface area contributed by atoms with E-state index in [1.807, 2.05) is 12.2 Å². The Morgan fingerprint density at radius 2 is 1.59 bits per heavy atom. The van der Waals surface area contributed by atoms with Crippen LogP contribution in [0.25, 0.3) is 0 Å². The average Bonchev–Trinajstić information content (AvgIpc) is 3.60. The lowest BCUT2D eigenvalue weighted by Crippen LogP contribution is -2.42. The number of rotatable bonds is 10. The lowest BCUT2D eigenvalue weighted by molar-refractivity contribution is -0.121. The number of carbonyl (C=O) groups excluding carboxylic acids is 4. The maximum absolute atomic E-state index is 12.4. The van der Waals surface area contributed by atoms with Crippen LogP contribution in [0.3, 0.4) is 0 Å². The first-order valence-electron chi connectivity index (χ1n) is 11.9. The maximum Gasteiger partial charge on any atom is 0.248 e. The van der Waals surface area contributed by atoms with Crippen molar-refractivity contribution >= 4 is 23.4 Å². The van der Waals surface area contributed by atoms with Gasteiger partial charge >= 0.3 is 0 Å². The maximum atomic E-state index is 12.4. The van der Waals surface area contributed by atoms with Gasteiger partial charge in [0.05, 0.1) is 5.70 Å². The third-order valence-electron chi connectivity index (χ3n) is 5.53. The monoisotopic (exact) mass is 506 g/mol. The lowest BCUT2D eigenvalue weighted by atomic mass is 9.88. The highest BCUT2D eigenvalue weighted by Crippen LogP contribution is 2.40.